The van der Waals surface area contributed by atoms with Crippen LogP contribution in [0.5, 0.6) is 0 Å². The van der Waals surface area contributed by atoms with E-state index in [1.807, 2.05) is 32.0 Å². The van der Waals surface area contributed by atoms with Crippen molar-refractivity contribution in [3.05, 3.63) is 29.3 Å². The average molecular weight is 365 g/mol. The quantitative estimate of drug-likeness (QED) is 0.356. The molecule has 23 heavy (non-hydrogen) atoms. The van der Waals surface area contributed by atoms with Crippen LogP contribution in [0.3, 0.4) is 0 Å². The van der Waals surface area contributed by atoms with Crippen molar-refractivity contribution in [2.24, 2.45) is 0 Å². The van der Waals surface area contributed by atoms with Crippen molar-refractivity contribution in [2.45, 2.75) is 25.7 Å². The maximum atomic E-state index is 11.2. The number of rotatable bonds is 9. The summed E-state index contributed by atoms with van der Waals surface area (Å²) >= 11 is 11.6. The van der Waals surface area contributed by atoms with E-state index >= 15 is 0 Å². The van der Waals surface area contributed by atoms with Crippen LogP contribution in [0.2, 0.25) is 0 Å². The third kappa shape index (κ3) is 4.81. The summed E-state index contributed by atoms with van der Waals surface area (Å²) < 4.78 is -0.325. The minimum absolute atomic E-state index is 0.0131. The molecule has 0 fully saturated rings. The molecule has 0 aliphatic heterocycles. The Labute approximate surface area is 147 Å². The number of hydrogen-bond donors (Lipinski definition) is 3. The number of alkyl halides is 2. The minimum atomic E-state index is -0.851. The maximum Gasteiger partial charge on any atom is 0.304 e. The zero-order valence-corrected chi connectivity index (χ0v) is 15.2. The topological polar surface area (TPSA) is 85.2 Å². The van der Waals surface area contributed by atoms with Crippen molar-refractivity contribution in [3.8, 4) is 0 Å². The Morgan fingerprint density at radius 1 is 1.30 bits per heavy atom. The van der Waals surface area contributed by atoms with Crippen LogP contribution < -0.4 is 10.4 Å². The normalized spacial score (nSPS) is 14.5. The van der Waals surface area contributed by atoms with E-state index in [-0.39, 0.29) is 11.1 Å². The Kier molecular flexibility index (Phi) is 7.29. The highest BCUT2D eigenvalue weighted by molar-refractivity contribution is 6.18. The van der Waals surface area contributed by atoms with Crippen molar-refractivity contribution in [1.29, 1.82) is 0 Å². The second-order valence-corrected chi connectivity index (χ2v) is 6.88. The largest absolute Gasteiger partial charge is 0.481 e. The highest BCUT2D eigenvalue weighted by atomic mass is 35.5. The fourth-order valence-corrected chi connectivity index (χ4v) is 3.44. The van der Waals surface area contributed by atoms with E-state index in [4.69, 9.17) is 28.3 Å². The van der Waals surface area contributed by atoms with Gasteiger partial charge in [-0.15, -0.1) is 27.8 Å². The van der Waals surface area contributed by atoms with Crippen molar-refractivity contribution < 1.29 is 20.8 Å². The molecule has 1 atom stereocenters. The smallest absolute Gasteiger partial charge is 0.304 e. The number of benzene rings is 1. The molecule has 0 saturated carbocycles. The molecular weight excluding hydrogens is 339 g/mol. The Hall–Kier alpha value is -0.850. The lowest BCUT2D eigenvalue weighted by molar-refractivity contribution is -0.382. The molecule has 5 N–H and O–H groups in total. The molecule has 1 rings (SSSR count). The predicted octanol–water partition coefficient (Wildman–Crippen LogP) is 2.14. The predicted molar refractivity (Wildman–Crippen MR) is 93.3 cm³/mol. The number of carboxylic acids is 1. The van der Waals surface area contributed by atoms with E-state index in [0.717, 1.165) is 11.1 Å². The Balaban J connectivity index is 3.26. The van der Waals surface area contributed by atoms with Crippen LogP contribution in [-0.4, -0.2) is 47.7 Å². The number of quaternary nitrogens is 2. The standard InChI is InChI=1S/C16H24Cl2N2O3/c1-12-9-13(20(23,7-5-17)8-6-18)3-4-14(12)16(2,11-19)10-15(21)22/h3-4,9,23H,5-8,10-11,19H2,1-2H3/p+2. The van der Waals surface area contributed by atoms with Gasteiger partial charge in [-0.05, 0) is 25.0 Å². The van der Waals surface area contributed by atoms with E-state index in [0.29, 0.717) is 37.1 Å². The number of halogens is 2. The molecule has 0 spiro atoms. The fraction of sp³-hybridized carbons (Fsp3) is 0.562. The molecule has 1 aromatic carbocycles. The first-order valence-corrected chi connectivity index (χ1v) is 8.64. The first-order valence-electron chi connectivity index (χ1n) is 7.57. The monoisotopic (exact) mass is 364 g/mol. The van der Waals surface area contributed by atoms with Gasteiger partial charge in [0.05, 0.1) is 30.1 Å². The molecule has 0 saturated heterocycles. The summed E-state index contributed by atoms with van der Waals surface area (Å²) in [6, 6.07) is 5.58. The summed E-state index contributed by atoms with van der Waals surface area (Å²) in [5, 5.41) is 19.9. The van der Waals surface area contributed by atoms with Gasteiger partial charge in [0.15, 0.2) is 5.69 Å². The summed E-state index contributed by atoms with van der Waals surface area (Å²) in [6.07, 6.45) is 0.0131. The van der Waals surface area contributed by atoms with E-state index < -0.39 is 11.4 Å². The zero-order valence-electron chi connectivity index (χ0n) is 13.7. The second kappa shape index (κ2) is 8.31. The molecule has 1 aromatic rings. The highest BCUT2D eigenvalue weighted by Gasteiger charge is 2.34. The number of carbonyl (C=O) groups is 1. The van der Waals surface area contributed by atoms with Crippen LogP contribution in [0.15, 0.2) is 18.2 Å². The molecule has 0 aliphatic rings. The van der Waals surface area contributed by atoms with Gasteiger partial charge in [0.2, 0.25) is 0 Å². The summed E-state index contributed by atoms with van der Waals surface area (Å²) in [5.74, 6) is -0.232. The van der Waals surface area contributed by atoms with E-state index in [9.17, 15) is 10.0 Å². The summed E-state index contributed by atoms with van der Waals surface area (Å²) in [5.41, 5.74) is 5.93. The van der Waals surface area contributed by atoms with Crippen molar-refractivity contribution >= 4 is 34.9 Å². The molecule has 0 heterocycles. The number of aryl methyl sites for hydroxylation is 1. The molecule has 0 aliphatic carbocycles. The van der Waals surface area contributed by atoms with Crippen molar-refractivity contribution in [2.75, 3.05) is 31.4 Å². The summed E-state index contributed by atoms with van der Waals surface area (Å²) in [4.78, 5) is 11.2. The third-order valence-electron chi connectivity index (χ3n) is 4.34. The molecule has 0 bridgehead atoms. The Morgan fingerprint density at radius 3 is 2.26 bits per heavy atom. The molecule has 7 heteroatoms. The second-order valence-electron chi connectivity index (χ2n) is 6.13. The molecule has 0 amide bonds. The highest BCUT2D eigenvalue weighted by Crippen LogP contribution is 2.33. The van der Waals surface area contributed by atoms with Crippen molar-refractivity contribution in [1.82, 2.24) is 4.65 Å². The van der Waals surface area contributed by atoms with Crippen LogP contribution in [0.1, 0.15) is 24.5 Å². The van der Waals surface area contributed by atoms with E-state index in [2.05, 4.69) is 5.73 Å². The van der Waals surface area contributed by atoms with Gasteiger partial charge in [0.25, 0.3) is 0 Å². The number of hydrogen-bond acceptors (Lipinski definition) is 2. The first-order chi connectivity index (χ1) is 10.7. The number of aliphatic carboxylic acids is 1. The number of carboxylic acid groups (broad SMARTS) is 1. The molecule has 0 aromatic heterocycles. The fourth-order valence-electron chi connectivity index (χ4n) is 2.89. The number of hydroxylamine groups is 2. The van der Waals surface area contributed by atoms with Gasteiger partial charge >= 0.3 is 5.97 Å². The average Bonchev–Trinajstić information content (AvgIpc) is 2.46. The maximum absolute atomic E-state index is 11.2. The van der Waals surface area contributed by atoms with Crippen molar-refractivity contribution in [3.63, 3.8) is 0 Å². The summed E-state index contributed by atoms with van der Waals surface area (Å²) in [7, 11) is 0. The minimum Gasteiger partial charge on any atom is -0.481 e. The van der Waals surface area contributed by atoms with Crippen LogP contribution in [-0.2, 0) is 10.2 Å². The molecule has 1 unspecified atom stereocenters. The van der Waals surface area contributed by atoms with Gasteiger partial charge in [-0.3, -0.25) is 4.79 Å². The molecule has 0 radical (unpaired) electrons. The Morgan fingerprint density at radius 2 is 1.87 bits per heavy atom. The van der Waals surface area contributed by atoms with Gasteiger partial charge in [-0.25, -0.2) is 5.21 Å². The lowest BCUT2D eigenvalue weighted by Gasteiger charge is -2.31. The Bertz CT molecular complexity index is 548. The van der Waals surface area contributed by atoms with Crippen LogP contribution in [0, 0.1) is 6.92 Å². The molecule has 5 nitrogen and oxygen atoms in total. The van der Waals surface area contributed by atoms with E-state index in [1.54, 1.807) is 0 Å². The van der Waals surface area contributed by atoms with Crippen LogP contribution in [0.4, 0.5) is 5.69 Å². The van der Waals surface area contributed by atoms with Crippen LogP contribution in [0.25, 0.3) is 0 Å². The van der Waals surface area contributed by atoms with Gasteiger partial charge < -0.3 is 10.8 Å². The lowest BCUT2D eigenvalue weighted by Crippen LogP contribution is -2.59. The van der Waals surface area contributed by atoms with Crippen LogP contribution >= 0.6 is 23.2 Å². The van der Waals surface area contributed by atoms with Gasteiger partial charge in [-0.2, -0.15) is 0 Å². The molecule has 130 valence electrons. The molecular formula is C16H26Cl2N2O3+2. The SMILES string of the molecule is Cc1cc([N+](O)(CCCl)CCCl)ccc1C(C)(C[NH3+])CC(=O)O. The zero-order chi connectivity index (χ0) is 17.7. The third-order valence-corrected chi connectivity index (χ3v) is 4.68. The number of nitrogens with zero attached hydrogens (tertiary/aromatic N) is 1. The first kappa shape index (κ1) is 20.2. The van der Waals surface area contributed by atoms with E-state index in [1.165, 1.54) is 0 Å². The summed E-state index contributed by atoms with van der Waals surface area (Å²) in [6.45, 7) is 5.00. The van der Waals surface area contributed by atoms with Gasteiger partial charge in [-0.1, -0.05) is 6.07 Å². The van der Waals surface area contributed by atoms with Gasteiger partial charge in [0.1, 0.15) is 13.1 Å². The lowest BCUT2D eigenvalue weighted by atomic mass is 9.77. The van der Waals surface area contributed by atoms with Gasteiger partial charge in [0, 0.05) is 12.1 Å².